The van der Waals surface area contributed by atoms with Crippen LogP contribution in [-0.2, 0) is 0 Å². The minimum Gasteiger partial charge on any atom is -1.00 e. The summed E-state index contributed by atoms with van der Waals surface area (Å²) < 4.78 is 0.802. The molecule has 0 fully saturated rings. The zero-order chi connectivity index (χ0) is 7.33. The van der Waals surface area contributed by atoms with Crippen molar-refractivity contribution in [3.8, 4) is 0 Å². The van der Waals surface area contributed by atoms with Crippen LogP contribution in [0.4, 0.5) is 0 Å². The normalized spacial score (nSPS) is 10.8. The van der Waals surface area contributed by atoms with Crippen LogP contribution in [-0.4, -0.2) is 38.2 Å². The molecule has 0 bridgehead atoms. The van der Waals surface area contributed by atoms with Crippen LogP contribution in [0, 0.1) is 0 Å². The Balaban J connectivity index is 0. The quantitative estimate of drug-likeness (QED) is 0.228. The largest absolute Gasteiger partial charge is 1.00 e. The first-order valence-electron chi connectivity index (χ1n) is 3.19. The summed E-state index contributed by atoms with van der Waals surface area (Å²) in [6.07, 6.45) is 1.04. The average Bonchev–Trinajstić information content (AvgIpc) is 1.63. The van der Waals surface area contributed by atoms with Gasteiger partial charge in [0, 0.05) is 12.4 Å². The van der Waals surface area contributed by atoms with Crippen LogP contribution in [0.5, 0.6) is 0 Å². The van der Waals surface area contributed by atoms with E-state index in [1.165, 1.54) is 0 Å². The van der Waals surface area contributed by atoms with E-state index in [1.807, 2.05) is 0 Å². The molecule has 0 aliphatic carbocycles. The highest BCUT2D eigenvalue weighted by molar-refractivity contribution is 6.17. The van der Waals surface area contributed by atoms with Crippen LogP contribution in [0.2, 0.25) is 0 Å². The topological polar surface area (TPSA) is 12.0 Å². The molecule has 0 saturated heterocycles. The minimum absolute atomic E-state index is 0. The van der Waals surface area contributed by atoms with Gasteiger partial charge in [-0.05, 0) is 6.42 Å². The van der Waals surface area contributed by atoms with Crippen LogP contribution < -0.4 is 17.8 Å². The summed E-state index contributed by atoms with van der Waals surface area (Å²) in [5.74, 6) is 0.743. The third-order valence-electron chi connectivity index (χ3n) is 0.897. The molecule has 0 aromatic heterocycles. The molecule has 0 aromatic carbocycles. The first-order valence-corrected chi connectivity index (χ1v) is 3.72. The Morgan fingerprint density at radius 2 is 1.80 bits per heavy atom. The Labute approximate surface area is 74.5 Å². The molecule has 0 heterocycles. The third-order valence-corrected chi connectivity index (χ3v) is 1.16. The van der Waals surface area contributed by atoms with Gasteiger partial charge in [0.05, 0.1) is 21.1 Å². The predicted octanol–water partition coefficient (Wildman–Crippen LogP) is -2.17. The van der Waals surface area contributed by atoms with E-state index < -0.39 is 0 Å². The molecule has 0 aliphatic rings. The van der Waals surface area contributed by atoms with Crippen molar-refractivity contribution < 1.29 is 17.0 Å². The standard InChI is InChI=1S/C6H16ClN2.ClH/c1-9(2,3)8-6-4-5-7;/h8H,4-6H2,1-3H3;1H/q+1;/p-1. The van der Waals surface area contributed by atoms with Crippen LogP contribution in [0.1, 0.15) is 6.42 Å². The van der Waals surface area contributed by atoms with Crippen LogP contribution >= 0.6 is 11.6 Å². The van der Waals surface area contributed by atoms with Gasteiger partial charge >= 0.3 is 0 Å². The zero-order valence-corrected chi connectivity index (χ0v) is 8.34. The molecular weight excluding hydrogens is 171 g/mol. The fraction of sp³-hybridized carbons (Fsp3) is 1.00. The molecule has 0 aliphatic heterocycles. The first kappa shape index (κ1) is 13.1. The lowest BCUT2D eigenvalue weighted by molar-refractivity contribution is -0.915. The minimum atomic E-state index is 0. The summed E-state index contributed by atoms with van der Waals surface area (Å²) in [6, 6.07) is 0. The van der Waals surface area contributed by atoms with Crippen LogP contribution in [0.3, 0.4) is 0 Å². The lowest BCUT2D eigenvalue weighted by Crippen LogP contribution is -3.00. The molecule has 10 heavy (non-hydrogen) atoms. The van der Waals surface area contributed by atoms with Gasteiger partial charge in [-0.25, -0.2) is 0 Å². The molecule has 0 aromatic rings. The maximum Gasteiger partial charge on any atom is 0.0853 e. The van der Waals surface area contributed by atoms with Gasteiger partial charge in [0.15, 0.2) is 0 Å². The van der Waals surface area contributed by atoms with Crippen molar-refractivity contribution in [1.82, 2.24) is 5.43 Å². The molecule has 0 amide bonds. The van der Waals surface area contributed by atoms with Crippen molar-refractivity contribution in [2.45, 2.75) is 6.42 Å². The number of quaternary nitrogens is 1. The monoisotopic (exact) mass is 186 g/mol. The van der Waals surface area contributed by atoms with Gasteiger partial charge in [-0.2, -0.15) is 5.43 Å². The van der Waals surface area contributed by atoms with E-state index in [0.717, 1.165) is 23.4 Å². The van der Waals surface area contributed by atoms with Crippen molar-refractivity contribution in [2.24, 2.45) is 0 Å². The number of hydrogen-bond donors (Lipinski definition) is 1. The van der Waals surface area contributed by atoms with Crippen molar-refractivity contribution in [3.63, 3.8) is 0 Å². The van der Waals surface area contributed by atoms with E-state index in [2.05, 4.69) is 26.6 Å². The lowest BCUT2D eigenvalue weighted by atomic mass is 10.5. The number of halogens is 2. The predicted molar refractivity (Wildman–Crippen MR) is 41.4 cm³/mol. The number of rotatable bonds is 4. The second-order valence-corrected chi connectivity index (χ2v) is 3.34. The van der Waals surface area contributed by atoms with Gasteiger partial charge in [0.1, 0.15) is 0 Å². The molecule has 0 saturated carbocycles. The Kier molecular flexibility index (Phi) is 8.17. The van der Waals surface area contributed by atoms with E-state index in [1.54, 1.807) is 0 Å². The molecule has 0 atom stereocenters. The van der Waals surface area contributed by atoms with E-state index in [-0.39, 0.29) is 12.4 Å². The molecule has 64 valence electrons. The molecule has 0 unspecified atom stereocenters. The zero-order valence-electron chi connectivity index (χ0n) is 6.82. The lowest BCUT2D eigenvalue weighted by Gasteiger charge is -2.23. The first-order chi connectivity index (χ1) is 4.06. The summed E-state index contributed by atoms with van der Waals surface area (Å²) in [7, 11) is 6.27. The summed E-state index contributed by atoms with van der Waals surface area (Å²) in [5, 5.41) is 0. The van der Waals surface area contributed by atoms with Crippen molar-refractivity contribution in [2.75, 3.05) is 33.6 Å². The molecule has 0 spiro atoms. The highest BCUT2D eigenvalue weighted by atomic mass is 35.5. The highest BCUT2D eigenvalue weighted by Crippen LogP contribution is 1.85. The second kappa shape index (κ2) is 6.23. The maximum absolute atomic E-state index is 5.48. The van der Waals surface area contributed by atoms with Crippen molar-refractivity contribution in [1.29, 1.82) is 0 Å². The van der Waals surface area contributed by atoms with Crippen LogP contribution in [0.25, 0.3) is 0 Å². The van der Waals surface area contributed by atoms with Gasteiger partial charge in [-0.1, -0.05) is 0 Å². The highest BCUT2D eigenvalue weighted by Gasteiger charge is 2.02. The van der Waals surface area contributed by atoms with Gasteiger partial charge < -0.3 is 12.4 Å². The van der Waals surface area contributed by atoms with Gasteiger partial charge in [-0.15, -0.1) is 11.6 Å². The molecule has 1 N–H and O–H groups in total. The summed E-state index contributed by atoms with van der Waals surface area (Å²) in [6.45, 7) is 0.993. The van der Waals surface area contributed by atoms with Crippen molar-refractivity contribution in [3.05, 3.63) is 0 Å². The van der Waals surface area contributed by atoms with Crippen LogP contribution in [0.15, 0.2) is 0 Å². The number of nitrogens with one attached hydrogen (secondary N) is 1. The third kappa shape index (κ3) is 11.3. The van der Waals surface area contributed by atoms with E-state index in [0.29, 0.717) is 0 Å². The Morgan fingerprint density at radius 3 is 2.10 bits per heavy atom. The SMILES string of the molecule is C[N+](C)(C)NCCCCl.[Cl-]. The number of hydrogen-bond acceptors (Lipinski definition) is 1. The fourth-order valence-electron chi connectivity index (χ4n) is 0.481. The average molecular weight is 187 g/mol. The van der Waals surface area contributed by atoms with E-state index >= 15 is 0 Å². The molecule has 0 radical (unpaired) electrons. The Hall–Kier alpha value is 0.500. The summed E-state index contributed by atoms with van der Waals surface area (Å²) >= 11 is 5.48. The van der Waals surface area contributed by atoms with E-state index in [4.69, 9.17) is 11.6 Å². The van der Waals surface area contributed by atoms with Gasteiger partial charge in [-0.3, -0.25) is 4.59 Å². The smallest absolute Gasteiger partial charge is 0.0853 e. The number of alkyl halides is 1. The summed E-state index contributed by atoms with van der Waals surface area (Å²) in [4.78, 5) is 0. The van der Waals surface area contributed by atoms with Gasteiger partial charge in [0.25, 0.3) is 0 Å². The summed E-state index contributed by atoms with van der Waals surface area (Å²) in [5.41, 5.74) is 3.28. The fourth-order valence-corrected chi connectivity index (χ4v) is 0.615. The molecular formula is C6H16Cl2N2. The maximum atomic E-state index is 5.48. The molecule has 2 nitrogen and oxygen atoms in total. The Bertz CT molecular complexity index is 70.6. The van der Waals surface area contributed by atoms with Crippen molar-refractivity contribution >= 4 is 11.6 Å². The second-order valence-electron chi connectivity index (χ2n) is 2.96. The molecule has 0 rings (SSSR count). The van der Waals surface area contributed by atoms with E-state index in [9.17, 15) is 0 Å². The number of nitrogens with zero attached hydrogens (tertiary/aromatic N) is 1. The van der Waals surface area contributed by atoms with Gasteiger partial charge in [0.2, 0.25) is 0 Å². The molecule has 4 heteroatoms. The Morgan fingerprint density at radius 1 is 1.30 bits per heavy atom.